The van der Waals surface area contributed by atoms with Crippen molar-refractivity contribution in [3.63, 3.8) is 0 Å². The summed E-state index contributed by atoms with van der Waals surface area (Å²) in [6.07, 6.45) is 0. The smallest absolute Gasteiger partial charge is 0.269 e. The zero-order chi connectivity index (χ0) is 18.4. The first-order valence-electron chi connectivity index (χ1n) is 7.97. The Labute approximate surface area is 155 Å². The van der Waals surface area contributed by atoms with Crippen LogP contribution in [0.4, 0.5) is 0 Å². The lowest BCUT2D eigenvalue weighted by Crippen LogP contribution is -2.41. The molecule has 0 saturated heterocycles. The molecule has 2 aromatic carbocycles. The Bertz CT molecular complexity index is 775. The Morgan fingerprint density at radius 2 is 1.76 bits per heavy atom. The Kier molecular flexibility index (Phi) is 6.58. The Balaban J connectivity index is 1.98. The summed E-state index contributed by atoms with van der Waals surface area (Å²) in [4.78, 5) is 24.3. The van der Waals surface area contributed by atoms with Crippen LogP contribution >= 0.6 is 15.9 Å². The Morgan fingerprint density at radius 1 is 1.08 bits per heavy atom. The predicted octanol–water partition coefficient (Wildman–Crippen LogP) is 3.87. The molecule has 2 N–H and O–H groups in total. The zero-order valence-corrected chi connectivity index (χ0v) is 16.0. The molecule has 132 valence electrons. The van der Waals surface area contributed by atoms with E-state index >= 15 is 0 Å². The van der Waals surface area contributed by atoms with E-state index in [2.05, 4.69) is 40.6 Å². The zero-order valence-electron chi connectivity index (χ0n) is 14.4. The number of hydrogen-bond donors (Lipinski definition) is 2. The van der Waals surface area contributed by atoms with Crippen LogP contribution in [0.5, 0.6) is 5.75 Å². The minimum absolute atomic E-state index is 0.359. The third-order valence-electron chi connectivity index (χ3n) is 3.45. The summed E-state index contributed by atoms with van der Waals surface area (Å²) in [6, 6.07) is 12.2. The Hall–Kier alpha value is -2.34. The second-order valence-electron chi connectivity index (χ2n) is 6.07. The first-order valence-corrected chi connectivity index (χ1v) is 8.76. The van der Waals surface area contributed by atoms with E-state index < -0.39 is 5.91 Å². The summed E-state index contributed by atoms with van der Waals surface area (Å²) < 4.78 is 6.34. The molecule has 2 aromatic rings. The normalized spacial score (nSPS) is 10.4. The van der Waals surface area contributed by atoms with Gasteiger partial charge in [-0.2, -0.15) is 0 Å². The number of amides is 2. The average molecular weight is 405 g/mol. The number of halogens is 1. The van der Waals surface area contributed by atoms with Crippen molar-refractivity contribution in [2.24, 2.45) is 5.92 Å². The molecule has 5 nitrogen and oxygen atoms in total. The summed E-state index contributed by atoms with van der Waals surface area (Å²) in [6.45, 7) is 6.56. The lowest BCUT2D eigenvalue weighted by Gasteiger charge is -2.12. The van der Waals surface area contributed by atoms with Crippen LogP contribution in [0.25, 0.3) is 0 Å². The molecule has 0 aromatic heterocycles. The highest BCUT2D eigenvalue weighted by atomic mass is 79.9. The summed E-state index contributed by atoms with van der Waals surface area (Å²) >= 11 is 3.40. The maximum absolute atomic E-state index is 12.2. The van der Waals surface area contributed by atoms with Gasteiger partial charge in [0.25, 0.3) is 11.8 Å². The average Bonchev–Trinajstić information content (AvgIpc) is 2.58. The van der Waals surface area contributed by atoms with Crippen molar-refractivity contribution >= 4 is 27.7 Å². The fourth-order valence-electron chi connectivity index (χ4n) is 2.10. The number of hydrogen-bond acceptors (Lipinski definition) is 3. The van der Waals surface area contributed by atoms with Crippen LogP contribution in [0, 0.1) is 12.8 Å². The van der Waals surface area contributed by atoms with Gasteiger partial charge in [0.1, 0.15) is 5.75 Å². The molecular formula is C19H21BrN2O3. The van der Waals surface area contributed by atoms with E-state index in [1.807, 2.05) is 19.1 Å². The molecule has 0 unspecified atom stereocenters. The molecule has 6 heteroatoms. The molecule has 0 aliphatic heterocycles. The fourth-order valence-corrected chi connectivity index (χ4v) is 2.59. The second-order valence-corrected chi connectivity index (χ2v) is 6.93. The van der Waals surface area contributed by atoms with Crippen LogP contribution in [-0.4, -0.2) is 18.4 Å². The van der Waals surface area contributed by atoms with Crippen LogP contribution in [-0.2, 0) is 0 Å². The van der Waals surface area contributed by atoms with Crippen LogP contribution in [0.3, 0.4) is 0 Å². The van der Waals surface area contributed by atoms with Crippen LogP contribution in [0.15, 0.2) is 46.9 Å². The summed E-state index contributed by atoms with van der Waals surface area (Å²) in [5.74, 6) is 0.321. The van der Waals surface area contributed by atoms with E-state index in [4.69, 9.17) is 4.74 Å². The number of benzene rings is 2. The first-order chi connectivity index (χ1) is 11.9. The quantitative estimate of drug-likeness (QED) is 0.743. The van der Waals surface area contributed by atoms with Gasteiger partial charge in [0, 0.05) is 11.1 Å². The van der Waals surface area contributed by atoms with Crippen LogP contribution < -0.4 is 15.6 Å². The molecule has 2 rings (SSSR count). The van der Waals surface area contributed by atoms with Gasteiger partial charge in [-0.15, -0.1) is 0 Å². The molecule has 0 atom stereocenters. The van der Waals surface area contributed by atoms with Gasteiger partial charge in [0.15, 0.2) is 0 Å². The van der Waals surface area contributed by atoms with Crippen molar-refractivity contribution in [3.05, 3.63) is 63.6 Å². The van der Waals surface area contributed by atoms with Gasteiger partial charge in [0.05, 0.1) is 11.1 Å². The van der Waals surface area contributed by atoms with Gasteiger partial charge in [-0.1, -0.05) is 32.0 Å². The summed E-state index contributed by atoms with van der Waals surface area (Å²) in [7, 11) is 0. The molecule has 0 aliphatic carbocycles. The van der Waals surface area contributed by atoms with Gasteiger partial charge < -0.3 is 4.74 Å². The largest absolute Gasteiger partial charge is 0.492 e. The molecule has 0 radical (unpaired) electrons. The molecule has 0 bridgehead atoms. The van der Waals surface area contributed by atoms with Gasteiger partial charge in [-0.05, 0) is 58.6 Å². The summed E-state index contributed by atoms with van der Waals surface area (Å²) in [5.41, 5.74) is 6.61. The van der Waals surface area contributed by atoms with Gasteiger partial charge in [-0.3, -0.25) is 20.4 Å². The van der Waals surface area contributed by atoms with E-state index in [1.54, 1.807) is 30.3 Å². The molecule has 0 fully saturated rings. The van der Waals surface area contributed by atoms with Gasteiger partial charge in [-0.25, -0.2) is 0 Å². The van der Waals surface area contributed by atoms with Crippen LogP contribution in [0.2, 0.25) is 0 Å². The maximum atomic E-state index is 12.2. The standard InChI is InChI=1S/C19H21BrN2O3/c1-12(2)11-25-17-9-8-14(10-16(17)20)18(23)21-22-19(24)15-7-5-4-6-13(15)3/h4-10,12H,11H2,1-3H3,(H,21,23)(H,22,24). The van der Waals surface area contributed by atoms with E-state index in [1.165, 1.54) is 0 Å². The van der Waals surface area contributed by atoms with E-state index in [9.17, 15) is 9.59 Å². The molecule has 0 spiro atoms. The number of carbonyl (C=O) groups excluding carboxylic acids is 2. The highest BCUT2D eigenvalue weighted by Crippen LogP contribution is 2.26. The SMILES string of the molecule is Cc1ccccc1C(=O)NNC(=O)c1ccc(OCC(C)C)c(Br)c1. The number of nitrogens with one attached hydrogen (secondary N) is 2. The van der Waals surface area contributed by atoms with Crippen molar-refractivity contribution in [1.82, 2.24) is 10.9 Å². The lowest BCUT2D eigenvalue weighted by atomic mass is 10.1. The topological polar surface area (TPSA) is 67.4 Å². The minimum Gasteiger partial charge on any atom is -0.492 e. The first kappa shape index (κ1) is 19.0. The summed E-state index contributed by atoms with van der Waals surface area (Å²) in [5, 5.41) is 0. The van der Waals surface area contributed by atoms with Crippen molar-refractivity contribution in [3.8, 4) is 5.75 Å². The number of ether oxygens (including phenoxy) is 1. The molecular weight excluding hydrogens is 384 g/mol. The highest BCUT2D eigenvalue weighted by Gasteiger charge is 2.12. The third kappa shape index (κ3) is 5.32. The van der Waals surface area contributed by atoms with E-state index in [0.717, 1.165) is 5.56 Å². The molecule has 0 aliphatic rings. The van der Waals surface area contributed by atoms with Crippen LogP contribution in [0.1, 0.15) is 40.1 Å². The number of hydrazine groups is 1. The van der Waals surface area contributed by atoms with Crippen molar-refractivity contribution < 1.29 is 14.3 Å². The maximum Gasteiger partial charge on any atom is 0.269 e. The monoisotopic (exact) mass is 404 g/mol. The Morgan fingerprint density at radius 3 is 2.40 bits per heavy atom. The fraction of sp³-hybridized carbons (Fsp3) is 0.263. The highest BCUT2D eigenvalue weighted by molar-refractivity contribution is 9.10. The van der Waals surface area contributed by atoms with Crippen molar-refractivity contribution in [2.45, 2.75) is 20.8 Å². The number of carbonyl (C=O) groups is 2. The van der Waals surface area contributed by atoms with E-state index in [-0.39, 0.29) is 5.91 Å². The van der Waals surface area contributed by atoms with Gasteiger partial charge in [0.2, 0.25) is 0 Å². The van der Waals surface area contributed by atoms with Gasteiger partial charge >= 0.3 is 0 Å². The second kappa shape index (κ2) is 8.67. The molecule has 25 heavy (non-hydrogen) atoms. The third-order valence-corrected chi connectivity index (χ3v) is 4.07. The molecule has 2 amide bonds. The minimum atomic E-state index is -0.405. The number of rotatable bonds is 5. The number of aryl methyl sites for hydroxylation is 1. The van der Waals surface area contributed by atoms with Crippen molar-refractivity contribution in [2.75, 3.05) is 6.61 Å². The van der Waals surface area contributed by atoms with E-state index in [0.29, 0.717) is 33.9 Å². The van der Waals surface area contributed by atoms with Crippen molar-refractivity contribution in [1.29, 1.82) is 0 Å². The molecule has 0 saturated carbocycles. The molecule has 0 heterocycles. The predicted molar refractivity (Wildman–Crippen MR) is 101 cm³/mol. The lowest BCUT2D eigenvalue weighted by molar-refractivity contribution is 0.0846.